The molecule has 0 saturated heterocycles. The Morgan fingerprint density at radius 3 is 2.80 bits per heavy atom. The van der Waals surface area contributed by atoms with Gasteiger partial charge in [-0.15, -0.1) is 17.8 Å². The molecule has 0 radical (unpaired) electrons. The van der Waals surface area contributed by atoms with E-state index in [0.29, 0.717) is 4.88 Å². The lowest BCUT2D eigenvalue weighted by Crippen LogP contribution is -2.22. The molecule has 0 aliphatic rings. The number of nitrogens with zero attached hydrogens (tertiary/aromatic N) is 1. The molecule has 4 heteroatoms. The molecular formula is C11H14N2OS. The molecule has 1 N–H and O–H groups in total. The third-order valence-corrected chi connectivity index (χ3v) is 3.14. The van der Waals surface area contributed by atoms with Crippen molar-refractivity contribution in [3.05, 3.63) is 16.1 Å². The number of carbonyl (C=O) groups is 1. The molecule has 1 amide bonds. The summed E-state index contributed by atoms with van der Waals surface area (Å²) in [6.07, 6.45) is 6.65. The summed E-state index contributed by atoms with van der Waals surface area (Å²) in [5.74, 6) is 2.21. The highest BCUT2D eigenvalue weighted by molar-refractivity contribution is 7.13. The molecule has 0 atom stereocenters. The Hall–Kier alpha value is -1.34. The van der Waals surface area contributed by atoms with Crippen LogP contribution in [0, 0.1) is 12.3 Å². The molecule has 0 aliphatic carbocycles. The Labute approximate surface area is 93.9 Å². The third kappa shape index (κ3) is 3.07. The zero-order chi connectivity index (χ0) is 11.5. The molecular weight excluding hydrogens is 208 g/mol. The van der Waals surface area contributed by atoms with Crippen LogP contribution in [0.1, 0.15) is 35.5 Å². The smallest absolute Gasteiger partial charge is 0.263 e. The van der Waals surface area contributed by atoms with E-state index in [1.807, 2.05) is 0 Å². The number of hydrogen-bond acceptors (Lipinski definition) is 3. The highest BCUT2D eigenvalue weighted by Gasteiger charge is 2.19. The Morgan fingerprint density at radius 1 is 1.67 bits per heavy atom. The van der Waals surface area contributed by atoms with Gasteiger partial charge in [0.2, 0.25) is 0 Å². The van der Waals surface area contributed by atoms with E-state index >= 15 is 0 Å². The fraction of sp³-hybridized carbons (Fsp3) is 0.455. The number of nitrogens with one attached hydrogen (secondary N) is 1. The maximum Gasteiger partial charge on any atom is 0.263 e. The van der Waals surface area contributed by atoms with Crippen LogP contribution in [0.15, 0.2) is 6.20 Å². The average molecular weight is 222 g/mol. The van der Waals surface area contributed by atoms with Gasteiger partial charge in [-0.2, -0.15) is 0 Å². The van der Waals surface area contributed by atoms with Gasteiger partial charge in [-0.3, -0.25) is 4.79 Å². The number of rotatable bonds is 2. The predicted octanol–water partition coefficient (Wildman–Crippen LogP) is 1.80. The Kier molecular flexibility index (Phi) is 3.48. The zero-order valence-corrected chi connectivity index (χ0v) is 9.94. The van der Waals surface area contributed by atoms with E-state index < -0.39 is 0 Å². The molecule has 0 spiro atoms. The minimum absolute atomic E-state index is 0.0185. The normalized spacial score (nSPS) is 10.8. The lowest BCUT2D eigenvalue weighted by molar-refractivity contribution is 0.0962. The molecule has 80 valence electrons. The first kappa shape index (κ1) is 11.7. The summed E-state index contributed by atoms with van der Waals surface area (Å²) in [5, 5.41) is 3.56. The standard InChI is InChI=1S/C11H14N2OS/c1-5-6-12-9(14)8-7-13-10(15-8)11(2,3)4/h1,7H,6H2,2-4H3,(H,12,14). The van der Waals surface area contributed by atoms with E-state index in [4.69, 9.17) is 6.42 Å². The van der Waals surface area contributed by atoms with E-state index in [9.17, 15) is 4.79 Å². The highest BCUT2D eigenvalue weighted by Crippen LogP contribution is 2.26. The van der Waals surface area contributed by atoms with Crippen molar-refractivity contribution in [1.82, 2.24) is 10.3 Å². The van der Waals surface area contributed by atoms with Gasteiger partial charge < -0.3 is 5.32 Å². The van der Waals surface area contributed by atoms with Gasteiger partial charge >= 0.3 is 0 Å². The van der Waals surface area contributed by atoms with Gasteiger partial charge in [-0.1, -0.05) is 26.7 Å². The maximum atomic E-state index is 11.5. The first-order valence-electron chi connectivity index (χ1n) is 4.63. The number of aromatic nitrogens is 1. The number of hydrogen-bond donors (Lipinski definition) is 1. The van der Waals surface area contributed by atoms with Gasteiger partial charge in [0.05, 0.1) is 17.7 Å². The number of terminal acetylenes is 1. The molecule has 1 aromatic rings. The molecule has 15 heavy (non-hydrogen) atoms. The molecule has 0 aromatic carbocycles. The van der Waals surface area contributed by atoms with Crippen LogP contribution in [-0.4, -0.2) is 17.4 Å². The van der Waals surface area contributed by atoms with Crippen molar-refractivity contribution in [1.29, 1.82) is 0 Å². The van der Waals surface area contributed by atoms with Gasteiger partial charge in [-0.05, 0) is 0 Å². The first-order valence-corrected chi connectivity index (χ1v) is 5.45. The van der Waals surface area contributed by atoms with Crippen LogP contribution in [0.3, 0.4) is 0 Å². The van der Waals surface area contributed by atoms with Crippen molar-refractivity contribution in [2.24, 2.45) is 0 Å². The van der Waals surface area contributed by atoms with Crippen LogP contribution in [0.25, 0.3) is 0 Å². The van der Waals surface area contributed by atoms with Gasteiger partial charge in [0.1, 0.15) is 4.88 Å². The quantitative estimate of drug-likeness (QED) is 0.775. The van der Waals surface area contributed by atoms with Gasteiger partial charge in [0.15, 0.2) is 0 Å². The van der Waals surface area contributed by atoms with Crippen molar-refractivity contribution in [3.63, 3.8) is 0 Å². The molecule has 0 aliphatic heterocycles. The zero-order valence-electron chi connectivity index (χ0n) is 9.13. The van der Waals surface area contributed by atoms with E-state index in [-0.39, 0.29) is 17.9 Å². The van der Waals surface area contributed by atoms with Crippen LogP contribution in [0.4, 0.5) is 0 Å². The summed E-state index contributed by atoms with van der Waals surface area (Å²) >= 11 is 1.41. The molecule has 3 nitrogen and oxygen atoms in total. The second kappa shape index (κ2) is 4.45. The SMILES string of the molecule is C#CCNC(=O)c1cnc(C(C)(C)C)s1. The fourth-order valence-electron chi connectivity index (χ4n) is 0.944. The van der Waals surface area contributed by atoms with Crippen molar-refractivity contribution in [2.45, 2.75) is 26.2 Å². The van der Waals surface area contributed by atoms with Gasteiger partial charge in [-0.25, -0.2) is 4.98 Å². The summed E-state index contributed by atoms with van der Waals surface area (Å²) in [7, 11) is 0. The number of amides is 1. The van der Waals surface area contributed by atoms with Gasteiger partial charge in [0.25, 0.3) is 5.91 Å². The van der Waals surface area contributed by atoms with E-state index in [2.05, 4.69) is 37.0 Å². The molecule has 0 fully saturated rings. The van der Waals surface area contributed by atoms with Crippen molar-refractivity contribution in [2.75, 3.05) is 6.54 Å². The van der Waals surface area contributed by atoms with Crippen LogP contribution in [-0.2, 0) is 5.41 Å². The lowest BCUT2D eigenvalue weighted by atomic mass is 9.98. The predicted molar refractivity (Wildman–Crippen MR) is 62.0 cm³/mol. The van der Waals surface area contributed by atoms with Gasteiger partial charge in [0, 0.05) is 5.41 Å². The molecule has 1 aromatic heterocycles. The lowest BCUT2D eigenvalue weighted by Gasteiger charge is -2.13. The Balaban J connectivity index is 2.77. The van der Waals surface area contributed by atoms with Crippen molar-refractivity contribution < 1.29 is 4.79 Å². The van der Waals surface area contributed by atoms with E-state index in [0.717, 1.165) is 5.01 Å². The molecule has 0 saturated carbocycles. The largest absolute Gasteiger partial charge is 0.340 e. The summed E-state index contributed by atoms with van der Waals surface area (Å²) in [6, 6.07) is 0. The monoisotopic (exact) mass is 222 g/mol. The maximum absolute atomic E-state index is 11.5. The van der Waals surface area contributed by atoms with Crippen molar-refractivity contribution >= 4 is 17.2 Å². The molecule has 1 rings (SSSR count). The first-order chi connectivity index (χ1) is 6.95. The fourth-order valence-corrected chi connectivity index (χ4v) is 1.83. The molecule has 0 bridgehead atoms. The topological polar surface area (TPSA) is 42.0 Å². The van der Waals surface area contributed by atoms with Crippen LogP contribution < -0.4 is 5.32 Å². The summed E-state index contributed by atoms with van der Waals surface area (Å²) in [6.45, 7) is 6.44. The minimum Gasteiger partial charge on any atom is -0.340 e. The molecule has 1 heterocycles. The molecule has 0 unspecified atom stereocenters. The van der Waals surface area contributed by atoms with Crippen LogP contribution >= 0.6 is 11.3 Å². The summed E-state index contributed by atoms with van der Waals surface area (Å²) in [5.41, 5.74) is -0.0185. The Morgan fingerprint density at radius 2 is 2.33 bits per heavy atom. The van der Waals surface area contributed by atoms with Crippen molar-refractivity contribution in [3.8, 4) is 12.3 Å². The number of carbonyl (C=O) groups excluding carboxylic acids is 1. The summed E-state index contributed by atoms with van der Waals surface area (Å²) in [4.78, 5) is 16.3. The highest BCUT2D eigenvalue weighted by atomic mass is 32.1. The Bertz CT molecular complexity index is 395. The average Bonchev–Trinajstić information content (AvgIpc) is 2.62. The summed E-state index contributed by atoms with van der Waals surface area (Å²) < 4.78 is 0. The van der Waals surface area contributed by atoms with Crippen LogP contribution in [0.2, 0.25) is 0 Å². The number of thiazole rings is 1. The second-order valence-corrected chi connectivity index (χ2v) is 5.20. The van der Waals surface area contributed by atoms with E-state index in [1.54, 1.807) is 6.20 Å². The minimum atomic E-state index is -0.152. The van der Waals surface area contributed by atoms with Crippen LogP contribution in [0.5, 0.6) is 0 Å². The second-order valence-electron chi connectivity index (χ2n) is 4.17. The van der Waals surface area contributed by atoms with E-state index in [1.165, 1.54) is 11.3 Å². The third-order valence-electron chi connectivity index (χ3n) is 1.72.